The Balaban J connectivity index is 1.71. The van der Waals surface area contributed by atoms with Crippen LogP contribution in [0.4, 0.5) is 11.5 Å². The zero-order valence-corrected chi connectivity index (χ0v) is 12.6. The van der Waals surface area contributed by atoms with Gasteiger partial charge in [0.2, 0.25) is 0 Å². The van der Waals surface area contributed by atoms with Gasteiger partial charge in [-0.05, 0) is 24.3 Å². The molecule has 1 fully saturated rings. The van der Waals surface area contributed by atoms with Gasteiger partial charge in [-0.1, -0.05) is 6.07 Å². The van der Waals surface area contributed by atoms with Crippen molar-refractivity contribution in [2.45, 2.75) is 0 Å². The van der Waals surface area contributed by atoms with Crippen LogP contribution < -0.4 is 14.5 Å². The molecule has 112 valence electrons. The molecule has 2 aromatic rings. The fraction of sp³-hybridized carbons (Fsp3) is 0.294. The zero-order valence-electron chi connectivity index (χ0n) is 12.6. The first-order valence-corrected chi connectivity index (χ1v) is 7.31. The molecule has 1 aliphatic rings. The lowest BCUT2D eigenvalue weighted by atomic mass is 10.2. The lowest BCUT2D eigenvalue weighted by molar-refractivity contribution is 0.414. The average molecular weight is 294 g/mol. The number of piperazine rings is 1. The van der Waals surface area contributed by atoms with Gasteiger partial charge in [0.05, 0.1) is 12.7 Å². The van der Waals surface area contributed by atoms with Crippen LogP contribution >= 0.6 is 0 Å². The van der Waals surface area contributed by atoms with Crippen molar-refractivity contribution in [3.8, 4) is 11.8 Å². The highest BCUT2D eigenvalue weighted by atomic mass is 16.5. The van der Waals surface area contributed by atoms with Crippen LogP contribution in [0.25, 0.3) is 0 Å². The molecule has 1 aromatic heterocycles. The highest BCUT2D eigenvalue weighted by molar-refractivity contribution is 5.56. The molecule has 2 heterocycles. The largest absolute Gasteiger partial charge is 0.497 e. The molecule has 5 nitrogen and oxygen atoms in total. The summed E-state index contributed by atoms with van der Waals surface area (Å²) in [6, 6.07) is 13.9. The monoisotopic (exact) mass is 294 g/mol. The van der Waals surface area contributed by atoms with E-state index in [1.54, 1.807) is 19.4 Å². The number of pyridine rings is 1. The average Bonchev–Trinajstić information content (AvgIpc) is 2.62. The second-order valence-corrected chi connectivity index (χ2v) is 5.16. The molecule has 5 heteroatoms. The van der Waals surface area contributed by atoms with Gasteiger partial charge in [-0.15, -0.1) is 0 Å². The summed E-state index contributed by atoms with van der Waals surface area (Å²) < 4.78 is 5.28. The van der Waals surface area contributed by atoms with Crippen molar-refractivity contribution in [3.63, 3.8) is 0 Å². The van der Waals surface area contributed by atoms with Gasteiger partial charge in [0.15, 0.2) is 0 Å². The summed E-state index contributed by atoms with van der Waals surface area (Å²) in [7, 11) is 1.68. The minimum absolute atomic E-state index is 0.636. The molecule has 0 radical (unpaired) electrons. The number of rotatable bonds is 3. The van der Waals surface area contributed by atoms with Crippen molar-refractivity contribution >= 4 is 11.5 Å². The number of ether oxygens (including phenoxy) is 1. The predicted octanol–water partition coefficient (Wildman–Crippen LogP) is 2.29. The van der Waals surface area contributed by atoms with Gasteiger partial charge in [0, 0.05) is 44.1 Å². The Morgan fingerprint density at radius 1 is 1.09 bits per heavy atom. The Morgan fingerprint density at radius 2 is 1.86 bits per heavy atom. The summed E-state index contributed by atoms with van der Waals surface area (Å²) in [4.78, 5) is 8.87. The fourth-order valence-electron chi connectivity index (χ4n) is 2.72. The van der Waals surface area contributed by atoms with E-state index in [0.717, 1.165) is 37.7 Å². The van der Waals surface area contributed by atoms with Gasteiger partial charge in [0.25, 0.3) is 0 Å². The van der Waals surface area contributed by atoms with E-state index in [1.807, 2.05) is 18.2 Å². The van der Waals surface area contributed by atoms with Crippen molar-refractivity contribution < 1.29 is 4.74 Å². The van der Waals surface area contributed by atoms with E-state index in [9.17, 15) is 5.26 Å². The van der Waals surface area contributed by atoms with Gasteiger partial charge < -0.3 is 14.5 Å². The molecule has 0 saturated carbocycles. The van der Waals surface area contributed by atoms with E-state index < -0.39 is 0 Å². The standard InChI is InChI=1S/C17H18N4O/c1-22-16-6-2-5-15(12-16)20-8-10-21(11-9-20)17-14(13-18)4-3-7-19-17/h2-7,12H,8-11H2,1H3. The molecule has 0 amide bonds. The zero-order chi connectivity index (χ0) is 15.4. The number of anilines is 2. The summed E-state index contributed by atoms with van der Waals surface area (Å²) in [6.45, 7) is 3.50. The highest BCUT2D eigenvalue weighted by Crippen LogP contribution is 2.24. The molecule has 1 aliphatic heterocycles. The van der Waals surface area contributed by atoms with E-state index in [0.29, 0.717) is 5.56 Å². The van der Waals surface area contributed by atoms with Crippen LogP contribution in [0, 0.1) is 11.3 Å². The summed E-state index contributed by atoms with van der Waals surface area (Å²) in [6.07, 6.45) is 1.74. The van der Waals surface area contributed by atoms with E-state index in [1.165, 1.54) is 5.69 Å². The maximum Gasteiger partial charge on any atom is 0.146 e. The summed E-state index contributed by atoms with van der Waals surface area (Å²) in [5.74, 6) is 1.66. The second kappa shape index (κ2) is 6.35. The van der Waals surface area contributed by atoms with Crippen molar-refractivity contribution in [1.29, 1.82) is 5.26 Å². The Bertz CT molecular complexity index is 687. The number of nitrogens with zero attached hydrogens (tertiary/aromatic N) is 4. The molecule has 1 saturated heterocycles. The first-order valence-electron chi connectivity index (χ1n) is 7.31. The van der Waals surface area contributed by atoms with E-state index in [-0.39, 0.29) is 0 Å². The molecule has 1 aromatic carbocycles. The number of hydrogen-bond donors (Lipinski definition) is 0. The molecule has 0 atom stereocenters. The number of methoxy groups -OCH3 is 1. The Hall–Kier alpha value is -2.74. The third-order valence-corrected chi connectivity index (χ3v) is 3.90. The minimum Gasteiger partial charge on any atom is -0.497 e. The van der Waals surface area contributed by atoms with Crippen molar-refractivity contribution in [3.05, 3.63) is 48.2 Å². The van der Waals surface area contributed by atoms with Crippen LogP contribution in [0.1, 0.15) is 5.56 Å². The van der Waals surface area contributed by atoms with Gasteiger partial charge in [-0.25, -0.2) is 4.98 Å². The SMILES string of the molecule is COc1cccc(N2CCN(c3ncccc3C#N)CC2)c1. The molecule has 22 heavy (non-hydrogen) atoms. The quantitative estimate of drug-likeness (QED) is 0.869. The lowest BCUT2D eigenvalue weighted by Gasteiger charge is -2.37. The van der Waals surface area contributed by atoms with Crippen LogP contribution in [-0.4, -0.2) is 38.3 Å². The summed E-state index contributed by atoms with van der Waals surface area (Å²) in [5, 5.41) is 9.20. The maximum absolute atomic E-state index is 9.20. The number of aromatic nitrogens is 1. The van der Waals surface area contributed by atoms with Crippen LogP contribution in [0.15, 0.2) is 42.6 Å². The number of benzene rings is 1. The lowest BCUT2D eigenvalue weighted by Crippen LogP contribution is -2.47. The second-order valence-electron chi connectivity index (χ2n) is 5.16. The molecular weight excluding hydrogens is 276 g/mol. The third-order valence-electron chi connectivity index (χ3n) is 3.90. The molecule has 0 aliphatic carbocycles. The van der Waals surface area contributed by atoms with Crippen molar-refractivity contribution in [1.82, 2.24) is 4.98 Å². The molecule has 0 bridgehead atoms. The maximum atomic E-state index is 9.20. The topological polar surface area (TPSA) is 52.4 Å². The number of nitriles is 1. The predicted molar refractivity (Wildman–Crippen MR) is 86.4 cm³/mol. The Morgan fingerprint density at radius 3 is 2.59 bits per heavy atom. The Kier molecular flexibility index (Phi) is 4.10. The van der Waals surface area contributed by atoms with Gasteiger partial charge in [-0.3, -0.25) is 0 Å². The van der Waals surface area contributed by atoms with Crippen LogP contribution in [0.5, 0.6) is 5.75 Å². The van der Waals surface area contributed by atoms with Gasteiger partial charge >= 0.3 is 0 Å². The van der Waals surface area contributed by atoms with Crippen molar-refractivity contribution in [2.75, 3.05) is 43.1 Å². The van der Waals surface area contributed by atoms with E-state index >= 15 is 0 Å². The van der Waals surface area contributed by atoms with Gasteiger partial charge in [0.1, 0.15) is 17.6 Å². The smallest absolute Gasteiger partial charge is 0.146 e. The van der Waals surface area contributed by atoms with Crippen LogP contribution in [0.3, 0.4) is 0 Å². The molecule has 0 spiro atoms. The van der Waals surface area contributed by atoms with Gasteiger partial charge in [-0.2, -0.15) is 5.26 Å². The third kappa shape index (κ3) is 2.82. The molecule has 0 N–H and O–H groups in total. The number of hydrogen-bond acceptors (Lipinski definition) is 5. The minimum atomic E-state index is 0.636. The first-order chi connectivity index (χ1) is 10.8. The Labute approximate surface area is 130 Å². The summed E-state index contributed by atoms with van der Waals surface area (Å²) >= 11 is 0. The van der Waals surface area contributed by atoms with Crippen molar-refractivity contribution in [2.24, 2.45) is 0 Å². The molecule has 3 rings (SSSR count). The highest BCUT2D eigenvalue weighted by Gasteiger charge is 2.20. The van der Waals surface area contributed by atoms with Crippen LogP contribution in [0.2, 0.25) is 0 Å². The van der Waals surface area contributed by atoms with E-state index in [2.05, 4.69) is 33.0 Å². The fourth-order valence-corrected chi connectivity index (χ4v) is 2.72. The van der Waals surface area contributed by atoms with Crippen LogP contribution in [-0.2, 0) is 0 Å². The normalized spacial score (nSPS) is 14.5. The first kappa shape index (κ1) is 14.2. The molecule has 0 unspecified atom stereocenters. The van der Waals surface area contributed by atoms with E-state index in [4.69, 9.17) is 4.74 Å². The summed E-state index contributed by atoms with van der Waals surface area (Å²) in [5.41, 5.74) is 1.80. The molecular formula is C17H18N4O.